The van der Waals surface area contributed by atoms with E-state index in [-0.39, 0.29) is 0 Å². The van der Waals surface area contributed by atoms with Crippen molar-refractivity contribution in [3.05, 3.63) is 48.5 Å². The van der Waals surface area contributed by atoms with Gasteiger partial charge in [0.2, 0.25) is 0 Å². The largest absolute Gasteiger partial charge is 0.339 e. The summed E-state index contributed by atoms with van der Waals surface area (Å²) in [7, 11) is 0. The van der Waals surface area contributed by atoms with Crippen LogP contribution in [0.1, 0.15) is 6.42 Å². The first-order valence-corrected chi connectivity index (χ1v) is 8.07. The molecule has 20 heavy (non-hydrogen) atoms. The Labute approximate surface area is 124 Å². The zero-order valence-electron chi connectivity index (χ0n) is 11.4. The van der Waals surface area contributed by atoms with Gasteiger partial charge in [-0.05, 0) is 49.7 Å². The fraction of sp³-hybridized carbons (Fsp3) is 0.294. The Morgan fingerprint density at radius 1 is 1.00 bits per heavy atom. The van der Waals surface area contributed by atoms with Crippen molar-refractivity contribution >= 4 is 23.1 Å². The van der Waals surface area contributed by atoms with Crippen LogP contribution in [0.2, 0.25) is 0 Å². The molecule has 0 saturated carbocycles. The summed E-state index contributed by atoms with van der Waals surface area (Å²) in [5, 5.41) is 3.48. The van der Waals surface area contributed by atoms with Gasteiger partial charge < -0.3 is 10.2 Å². The molecule has 2 aromatic rings. The summed E-state index contributed by atoms with van der Waals surface area (Å²) in [6, 6.07) is 17.5. The van der Waals surface area contributed by atoms with Crippen LogP contribution in [-0.2, 0) is 0 Å². The first kappa shape index (κ1) is 12.3. The number of para-hydroxylation sites is 2. The summed E-state index contributed by atoms with van der Waals surface area (Å²) >= 11 is 1.89. The monoisotopic (exact) mass is 282 g/mol. The van der Waals surface area contributed by atoms with Crippen LogP contribution in [0.25, 0.3) is 0 Å². The highest BCUT2D eigenvalue weighted by Gasteiger charge is 2.26. The van der Waals surface area contributed by atoms with Gasteiger partial charge in [0.1, 0.15) is 0 Å². The van der Waals surface area contributed by atoms with Gasteiger partial charge in [-0.1, -0.05) is 36.0 Å². The molecular formula is C17H18N2S. The Hall–Kier alpha value is -1.45. The molecule has 0 amide bonds. The molecule has 0 radical (unpaired) electrons. The van der Waals surface area contributed by atoms with Gasteiger partial charge in [0.05, 0.1) is 11.4 Å². The van der Waals surface area contributed by atoms with E-state index in [0.717, 1.165) is 25.6 Å². The van der Waals surface area contributed by atoms with Crippen LogP contribution in [0.5, 0.6) is 0 Å². The number of nitrogens with one attached hydrogen (secondary N) is 1. The van der Waals surface area contributed by atoms with Crippen molar-refractivity contribution in [2.75, 3.05) is 24.5 Å². The maximum atomic E-state index is 3.48. The molecular weight excluding hydrogens is 264 g/mol. The van der Waals surface area contributed by atoms with Crippen LogP contribution < -0.4 is 10.2 Å². The van der Waals surface area contributed by atoms with E-state index in [1.807, 2.05) is 11.8 Å². The topological polar surface area (TPSA) is 15.3 Å². The van der Waals surface area contributed by atoms with Gasteiger partial charge in [0, 0.05) is 16.3 Å². The lowest BCUT2D eigenvalue weighted by atomic mass is 10.1. The molecule has 1 N–H and O–H groups in total. The average Bonchev–Trinajstić information content (AvgIpc) is 3.00. The van der Waals surface area contributed by atoms with E-state index >= 15 is 0 Å². The molecule has 2 aliphatic heterocycles. The van der Waals surface area contributed by atoms with Crippen molar-refractivity contribution in [3.8, 4) is 0 Å². The van der Waals surface area contributed by atoms with Crippen molar-refractivity contribution in [3.63, 3.8) is 0 Å². The summed E-state index contributed by atoms with van der Waals surface area (Å²) in [6.07, 6.45) is 1.29. The Morgan fingerprint density at radius 2 is 1.65 bits per heavy atom. The van der Waals surface area contributed by atoms with Gasteiger partial charge in [-0.2, -0.15) is 0 Å². The lowest BCUT2D eigenvalue weighted by Gasteiger charge is -2.34. The Kier molecular flexibility index (Phi) is 3.17. The minimum Gasteiger partial charge on any atom is -0.339 e. The molecule has 102 valence electrons. The van der Waals surface area contributed by atoms with Gasteiger partial charge in [-0.3, -0.25) is 0 Å². The highest BCUT2D eigenvalue weighted by Crippen LogP contribution is 2.48. The third kappa shape index (κ3) is 2.11. The number of hydrogen-bond donors (Lipinski definition) is 1. The van der Waals surface area contributed by atoms with Crippen molar-refractivity contribution in [1.82, 2.24) is 5.32 Å². The maximum Gasteiger partial charge on any atom is 0.0552 e. The second kappa shape index (κ2) is 5.15. The number of benzene rings is 2. The normalized spacial score (nSPS) is 20.6. The summed E-state index contributed by atoms with van der Waals surface area (Å²) < 4.78 is 0. The number of anilines is 2. The van der Waals surface area contributed by atoms with E-state index in [2.05, 4.69) is 58.7 Å². The highest BCUT2D eigenvalue weighted by molar-refractivity contribution is 7.99. The maximum absolute atomic E-state index is 3.48. The third-order valence-corrected chi connectivity index (χ3v) is 5.27. The summed E-state index contributed by atoms with van der Waals surface area (Å²) in [6.45, 7) is 3.42. The molecule has 1 fully saturated rings. The zero-order chi connectivity index (χ0) is 13.4. The van der Waals surface area contributed by atoms with E-state index in [0.29, 0.717) is 0 Å². The molecule has 1 unspecified atom stereocenters. The zero-order valence-corrected chi connectivity index (χ0v) is 12.2. The molecule has 0 aromatic heterocycles. The second-order valence-corrected chi connectivity index (χ2v) is 6.59. The fourth-order valence-electron chi connectivity index (χ4n) is 3.11. The average molecular weight is 282 g/mol. The van der Waals surface area contributed by atoms with Gasteiger partial charge in [-0.15, -0.1) is 0 Å². The molecule has 4 rings (SSSR count). The Morgan fingerprint density at radius 3 is 2.25 bits per heavy atom. The molecule has 2 aromatic carbocycles. The first-order valence-electron chi connectivity index (χ1n) is 7.26. The molecule has 0 bridgehead atoms. The standard InChI is InChI=1S/C17H18N2S/c1-3-7-16-14(5-1)19(12-13-9-10-18-11-13)15-6-2-4-8-17(15)20-16/h1-8,13,18H,9-12H2. The summed E-state index contributed by atoms with van der Waals surface area (Å²) in [5.74, 6) is 0.749. The quantitative estimate of drug-likeness (QED) is 0.899. The predicted octanol–water partition coefficient (Wildman–Crippen LogP) is 3.90. The Bertz CT molecular complexity index is 574. The second-order valence-electron chi connectivity index (χ2n) is 5.51. The lowest BCUT2D eigenvalue weighted by Crippen LogP contribution is -2.28. The van der Waals surface area contributed by atoms with Crippen LogP contribution in [0.4, 0.5) is 11.4 Å². The molecule has 3 heteroatoms. The van der Waals surface area contributed by atoms with Crippen molar-refractivity contribution in [2.45, 2.75) is 16.2 Å². The molecule has 1 atom stereocenters. The highest BCUT2D eigenvalue weighted by atomic mass is 32.2. The number of fused-ring (bicyclic) bond motifs is 2. The molecule has 2 aliphatic rings. The minimum atomic E-state index is 0.749. The van der Waals surface area contributed by atoms with Crippen LogP contribution >= 0.6 is 11.8 Å². The molecule has 0 spiro atoms. The van der Waals surface area contributed by atoms with E-state index in [1.165, 1.54) is 27.6 Å². The van der Waals surface area contributed by atoms with Gasteiger partial charge in [-0.25, -0.2) is 0 Å². The van der Waals surface area contributed by atoms with E-state index < -0.39 is 0 Å². The summed E-state index contributed by atoms with van der Waals surface area (Å²) in [5.41, 5.74) is 2.73. The Balaban J connectivity index is 1.75. The smallest absolute Gasteiger partial charge is 0.0552 e. The third-order valence-electron chi connectivity index (χ3n) is 4.14. The van der Waals surface area contributed by atoms with E-state index in [4.69, 9.17) is 0 Å². The van der Waals surface area contributed by atoms with E-state index in [1.54, 1.807) is 0 Å². The summed E-state index contributed by atoms with van der Waals surface area (Å²) in [4.78, 5) is 5.26. The predicted molar refractivity (Wildman–Crippen MR) is 85.0 cm³/mol. The minimum absolute atomic E-state index is 0.749. The SMILES string of the molecule is c1ccc2c(c1)Sc1ccccc1N2CC1CCNC1. The van der Waals surface area contributed by atoms with Gasteiger partial charge >= 0.3 is 0 Å². The number of nitrogens with zero attached hydrogens (tertiary/aromatic N) is 1. The molecule has 2 nitrogen and oxygen atoms in total. The van der Waals surface area contributed by atoms with Crippen molar-refractivity contribution < 1.29 is 0 Å². The van der Waals surface area contributed by atoms with Crippen molar-refractivity contribution in [1.29, 1.82) is 0 Å². The number of rotatable bonds is 2. The van der Waals surface area contributed by atoms with Crippen LogP contribution in [-0.4, -0.2) is 19.6 Å². The van der Waals surface area contributed by atoms with Gasteiger partial charge in [0.25, 0.3) is 0 Å². The van der Waals surface area contributed by atoms with Gasteiger partial charge in [0.15, 0.2) is 0 Å². The van der Waals surface area contributed by atoms with Crippen LogP contribution in [0.3, 0.4) is 0 Å². The van der Waals surface area contributed by atoms with E-state index in [9.17, 15) is 0 Å². The first-order chi connectivity index (χ1) is 9.92. The lowest BCUT2D eigenvalue weighted by molar-refractivity contribution is 0.585. The molecule has 2 heterocycles. The van der Waals surface area contributed by atoms with Crippen molar-refractivity contribution in [2.24, 2.45) is 5.92 Å². The number of hydrogen-bond acceptors (Lipinski definition) is 3. The van der Waals surface area contributed by atoms with Crippen LogP contribution in [0.15, 0.2) is 58.3 Å². The van der Waals surface area contributed by atoms with Crippen LogP contribution in [0, 0.1) is 5.92 Å². The molecule has 0 aliphatic carbocycles. The molecule has 1 saturated heterocycles. The fourth-order valence-corrected chi connectivity index (χ4v) is 4.20.